The minimum Gasteiger partial charge on any atom is -0.340 e. The topological polar surface area (TPSA) is 54.0 Å². The van der Waals surface area contributed by atoms with Crippen molar-refractivity contribution in [3.8, 4) is 0 Å². The average molecular weight is 338 g/mol. The van der Waals surface area contributed by atoms with Crippen LogP contribution in [0.3, 0.4) is 0 Å². The smallest absolute Gasteiger partial charge is 0.229 e. The van der Waals surface area contributed by atoms with Crippen LogP contribution in [0.2, 0.25) is 10.0 Å². The Morgan fingerprint density at radius 2 is 1.68 bits per heavy atom. The monoisotopic (exact) mass is 337 g/mol. The van der Waals surface area contributed by atoms with E-state index < -0.39 is 5.41 Å². The van der Waals surface area contributed by atoms with Crippen LogP contribution < -0.4 is 10.6 Å². The fourth-order valence-electron chi connectivity index (χ4n) is 1.63. The van der Waals surface area contributed by atoms with Crippen molar-refractivity contribution in [2.45, 2.75) is 20.8 Å². The van der Waals surface area contributed by atoms with E-state index in [0.29, 0.717) is 21.6 Å². The number of carbonyl (C=O) groups is 1. The number of halogens is 2. The summed E-state index contributed by atoms with van der Waals surface area (Å²) in [5.74, 6) is 0.573. The van der Waals surface area contributed by atoms with Gasteiger partial charge in [0.1, 0.15) is 5.82 Å². The first kappa shape index (κ1) is 16.6. The number of nitrogens with zero attached hydrogens (tertiary/aromatic N) is 1. The summed E-state index contributed by atoms with van der Waals surface area (Å²) >= 11 is 11.9. The molecule has 2 N–H and O–H groups in total. The maximum Gasteiger partial charge on any atom is 0.229 e. The Labute approximate surface area is 139 Å². The standard InChI is InChI=1S/C16H17Cl2N3O/c1-16(2,3)15(22)21-12-4-5-14(19-9-12)20-13-7-10(17)6-11(18)8-13/h4-9H,1-3H3,(H,19,20)(H,21,22). The first-order valence-corrected chi connectivity index (χ1v) is 7.50. The quantitative estimate of drug-likeness (QED) is 0.817. The molecule has 22 heavy (non-hydrogen) atoms. The van der Waals surface area contributed by atoms with E-state index in [9.17, 15) is 4.79 Å². The largest absolute Gasteiger partial charge is 0.340 e. The highest BCUT2D eigenvalue weighted by Gasteiger charge is 2.21. The molecule has 0 saturated carbocycles. The summed E-state index contributed by atoms with van der Waals surface area (Å²) in [5.41, 5.74) is 0.945. The Hall–Kier alpha value is -1.78. The average Bonchev–Trinajstić information content (AvgIpc) is 2.38. The highest BCUT2D eigenvalue weighted by molar-refractivity contribution is 6.35. The van der Waals surface area contributed by atoms with Crippen molar-refractivity contribution >= 4 is 46.3 Å². The number of hydrogen-bond acceptors (Lipinski definition) is 3. The zero-order valence-corrected chi connectivity index (χ0v) is 14.1. The van der Waals surface area contributed by atoms with Gasteiger partial charge in [-0.05, 0) is 30.3 Å². The van der Waals surface area contributed by atoms with E-state index in [-0.39, 0.29) is 5.91 Å². The fourth-order valence-corrected chi connectivity index (χ4v) is 2.16. The molecule has 0 unspecified atom stereocenters. The highest BCUT2D eigenvalue weighted by atomic mass is 35.5. The predicted molar refractivity (Wildman–Crippen MR) is 92.1 cm³/mol. The van der Waals surface area contributed by atoms with Gasteiger partial charge in [0, 0.05) is 21.1 Å². The normalized spacial score (nSPS) is 11.1. The zero-order valence-electron chi connectivity index (χ0n) is 12.6. The van der Waals surface area contributed by atoms with E-state index in [2.05, 4.69) is 15.6 Å². The molecule has 6 heteroatoms. The van der Waals surface area contributed by atoms with E-state index in [4.69, 9.17) is 23.2 Å². The molecule has 0 spiro atoms. The second-order valence-electron chi connectivity index (χ2n) is 5.92. The summed E-state index contributed by atoms with van der Waals surface area (Å²) in [4.78, 5) is 16.2. The molecule has 2 rings (SSSR count). The van der Waals surface area contributed by atoms with Gasteiger partial charge in [-0.1, -0.05) is 44.0 Å². The second kappa shape index (κ2) is 6.55. The van der Waals surface area contributed by atoms with Crippen LogP contribution >= 0.6 is 23.2 Å². The van der Waals surface area contributed by atoms with Crippen molar-refractivity contribution in [3.63, 3.8) is 0 Å². The molecule has 1 amide bonds. The Morgan fingerprint density at radius 1 is 1.05 bits per heavy atom. The summed E-state index contributed by atoms with van der Waals surface area (Å²) in [6.07, 6.45) is 1.60. The molecule has 0 atom stereocenters. The lowest BCUT2D eigenvalue weighted by molar-refractivity contribution is -0.123. The number of anilines is 3. The Kier molecular flexibility index (Phi) is 4.94. The van der Waals surface area contributed by atoms with Crippen LogP contribution in [0.15, 0.2) is 36.5 Å². The number of benzene rings is 1. The summed E-state index contributed by atoms with van der Waals surface area (Å²) in [5, 5.41) is 7.01. The molecule has 4 nitrogen and oxygen atoms in total. The van der Waals surface area contributed by atoms with E-state index in [1.807, 2.05) is 20.8 Å². The third kappa shape index (κ3) is 4.61. The van der Waals surface area contributed by atoms with Gasteiger partial charge in [-0.15, -0.1) is 0 Å². The molecule has 1 aromatic carbocycles. The maximum atomic E-state index is 11.9. The first-order chi connectivity index (χ1) is 10.2. The molecule has 1 aromatic heterocycles. The Balaban J connectivity index is 2.07. The van der Waals surface area contributed by atoms with Gasteiger partial charge in [-0.3, -0.25) is 4.79 Å². The molecule has 2 aromatic rings. The SMILES string of the molecule is CC(C)(C)C(=O)Nc1ccc(Nc2cc(Cl)cc(Cl)c2)nc1. The van der Waals surface area contributed by atoms with Crippen molar-refractivity contribution in [2.24, 2.45) is 5.41 Å². The summed E-state index contributed by atoms with van der Waals surface area (Å²) in [7, 11) is 0. The molecule has 0 radical (unpaired) electrons. The molecule has 0 aliphatic rings. The molecule has 0 aliphatic heterocycles. The number of carbonyl (C=O) groups excluding carboxylic acids is 1. The predicted octanol–water partition coefficient (Wildman–Crippen LogP) is 5.12. The first-order valence-electron chi connectivity index (χ1n) is 6.75. The van der Waals surface area contributed by atoms with Gasteiger partial charge in [0.25, 0.3) is 0 Å². The number of hydrogen-bond donors (Lipinski definition) is 2. The van der Waals surface area contributed by atoms with Crippen LogP contribution in [-0.4, -0.2) is 10.9 Å². The van der Waals surface area contributed by atoms with Gasteiger partial charge in [0.15, 0.2) is 0 Å². The second-order valence-corrected chi connectivity index (χ2v) is 6.79. The molecule has 0 aliphatic carbocycles. The third-order valence-corrected chi connectivity index (χ3v) is 3.27. The van der Waals surface area contributed by atoms with Gasteiger partial charge >= 0.3 is 0 Å². The highest BCUT2D eigenvalue weighted by Crippen LogP contribution is 2.25. The lowest BCUT2D eigenvalue weighted by atomic mass is 9.96. The van der Waals surface area contributed by atoms with E-state index in [1.54, 1.807) is 36.5 Å². The van der Waals surface area contributed by atoms with E-state index in [0.717, 1.165) is 5.69 Å². The zero-order chi connectivity index (χ0) is 16.3. The fraction of sp³-hybridized carbons (Fsp3) is 0.250. The molecular weight excluding hydrogens is 321 g/mol. The van der Waals surface area contributed by atoms with Crippen LogP contribution in [0.25, 0.3) is 0 Å². The van der Waals surface area contributed by atoms with Gasteiger partial charge in [0.05, 0.1) is 11.9 Å². The summed E-state index contributed by atoms with van der Waals surface area (Å²) in [6.45, 7) is 5.57. The summed E-state index contributed by atoms with van der Waals surface area (Å²) < 4.78 is 0. The molecule has 0 saturated heterocycles. The van der Waals surface area contributed by atoms with Crippen LogP contribution in [0.5, 0.6) is 0 Å². The third-order valence-electron chi connectivity index (χ3n) is 2.84. The van der Waals surface area contributed by atoms with Crippen molar-refractivity contribution in [3.05, 3.63) is 46.6 Å². The number of pyridine rings is 1. The Bertz CT molecular complexity index is 659. The molecule has 0 bridgehead atoms. The van der Waals surface area contributed by atoms with Gasteiger partial charge < -0.3 is 10.6 Å². The number of nitrogens with one attached hydrogen (secondary N) is 2. The van der Waals surface area contributed by atoms with Crippen LogP contribution in [0, 0.1) is 5.41 Å². The minimum atomic E-state index is -0.450. The van der Waals surface area contributed by atoms with Crippen LogP contribution in [0.1, 0.15) is 20.8 Å². The minimum absolute atomic E-state index is 0.0587. The van der Waals surface area contributed by atoms with Crippen molar-refractivity contribution < 1.29 is 4.79 Å². The number of rotatable bonds is 3. The van der Waals surface area contributed by atoms with Gasteiger partial charge in [-0.2, -0.15) is 0 Å². The van der Waals surface area contributed by atoms with E-state index >= 15 is 0 Å². The molecule has 0 fully saturated rings. The number of amides is 1. The van der Waals surface area contributed by atoms with Crippen LogP contribution in [-0.2, 0) is 4.79 Å². The lowest BCUT2D eigenvalue weighted by Crippen LogP contribution is -2.27. The van der Waals surface area contributed by atoms with Crippen molar-refractivity contribution in [1.29, 1.82) is 0 Å². The van der Waals surface area contributed by atoms with E-state index in [1.165, 1.54) is 0 Å². The van der Waals surface area contributed by atoms with Crippen molar-refractivity contribution in [1.82, 2.24) is 4.98 Å². The van der Waals surface area contributed by atoms with Gasteiger partial charge in [-0.25, -0.2) is 4.98 Å². The summed E-state index contributed by atoms with van der Waals surface area (Å²) in [6, 6.07) is 8.72. The Morgan fingerprint density at radius 3 is 2.18 bits per heavy atom. The molecule has 1 heterocycles. The van der Waals surface area contributed by atoms with Crippen LogP contribution in [0.4, 0.5) is 17.2 Å². The van der Waals surface area contributed by atoms with Crippen molar-refractivity contribution in [2.75, 3.05) is 10.6 Å². The molecular formula is C16H17Cl2N3O. The molecule has 116 valence electrons. The van der Waals surface area contributed by atoms with Gasteiger partial charge in [0.2, 0.25) is 5.91 Å². The maximum absolute atomic E-state index is 11.9. The lowest BCUT2D eigenvalue weighted by Gasteiger charge is -2.17. The number of aromatic nitrogens is 1.